The number of unbranched alkanes of at least 4 members (excludes halogenated alkanes) is 1. The predicted octanol–water partition coefficient (Wildman–Crippen LogP) is 1.50. The number of esters is 1. The fourth-order valence-electron chi connectivity index (χ4n) is 2.16. The molecular formula is C13H22O5S. The third kappa shape index (κ3) is 6.18. The Hall–Kier alpha value is -0.910. The second-order valence-corrected chi connectivity index (χ2v) is 7.69. The van der Waals surface area contributed by atoms with Crippen LogP contribution in [0.15, 0.2) is 0 Å². The van der Waals surface area contributed by atoms with Crippen molar-refractivity contribution in [3.05, 3.63) is 0 Å². The van der Waals surface area contributed by atoms with Gasteiger partial charge in [-0.25, -0.2) is 8.42 Å². The minimum atomic E-state index is -3.15. The molecule has 0 unspecified atom stereocenters. The number of sulfone groups is 1. The first-order valence-corrected chi connectivity index (χ1v) is 8.37. The lowest BCUT2D eigenvalue weighted by atomic mass is 10.1. The molecule has 0 radical (unpaired) electrons. The Balaban J connectivity index is 2.38. The fourth-order valence-corrected chi connectivity index (χ4v) is 4.27. The molecule has 0 N–H and O–H groups in total. The maximum Gasteiger partial charge on any atom is 0.306 e. The first-order valence-electron chi connectivity index (χ1n) is 6.55. The second kappa shape index (κ2) is 6.50. The molecule has 19 heavy (non-hydrogen) atoms. The van der Waals surface area contributed by atoms with Gasteiger partial charge in [-0.3, -0.25) is 4.79 Å². The van der Waals surface area contributed by atoms with Gasteiger partial charge in [0.1, 0.15) is 5.78 Å². The van der Waals surface area contributed by atoms with Crippen LogP contribution in [-0.4, -0.2) is 38.8 Å². The molecule has 0 heterocycles. The summed E-state index contributed by atoms with van der Waals surface area (Å²) in [4.78, 5) is 22.0. The van der Waals surface area contributed by atoms with Crippen molar-refractivity contribution < 1.29 is 22.7 Å². The molecule has 1 aliphatic carbocycles. The lowest BCUT2D eigenvalue weighted by Crippen LogP contribution is -2.23. The van der Waals surface area contributed by atoms with E-state index in [0.717, 1.165) is 12.8 Å². The predicted molar refractivity (Wildman–Crippen MR) is 71.5 cm³/mol. The topological polar surface area (TPSA) is 77.5 Å². The highest BCUT2D eigenvalue weighted by molar-refractivity contribution is 7.91. The molecule has 0 aromatic carbocycles. The molecule has 5 nitrogen and oxygen atoms in total. The number of ketones is 1. The SMILES string of the molecule is COC(=O)CC1(CS(=O)(=O)CCCCC(C)=O)CC1. The lowest BCUT2D eigenvalue weighted by Gasteiger charge is -2.13. The van der Waals surface area contributed by atoms with Gasteiger partial charge in [0.2, 0.25) is 0 Å². The average Bonchev–Trinajstić information content (AvgIpc) is 3.02. The number of carbonyl (C=O) groups is 2. The molecule has 0 aromatic rings. The summed E-state index contributed by atoms with van der Waals surface area (Å²) in [6.45, 7) is 1.50. The summed E-state index contributed by atoms with van der Waals surface area (Å²) in [5.74, 6) is -0.0933. The van der Waals surface area contributed by atoms with Crippen LogP contribution in [-0.2, 0) is 24.2 Å². The highest BCUT2D eigenvalue weighted by atomic mass is 32.2. The Morgan fingerprint density at radius 1 is 1.21 bits per heavy atom. The van der Waals surface area contributed by atoms with Crippen LogP contribution in [0.2, 0.25) is 0 Å². The van der Waals surface area contributed by atoms with E-state index in [4.69, 9.17) is 0 Å². The number of hydrogen-bond donors (Lipinski definition) is 0. The molecule has 0 saturated heterocycles. The van der Waals surface area contributed by atoms with Crippen LogP contribution < -0.4 is 0 Å². The van der Waals surface area contributed by atoms with E-state index in [1.807, 2.05) is 0 Å². The normalized spacial score (nSPS) is 16.9. The van der Waals surface area contributed by atoms with E-state index in [1.165, 1.54) is 14.0 Å². The third-order valence-electron chi connectivity index (χ3n) is 3.46. The van der Waals surface area contributed by atoms with Gasteiger partial charge in [-0.1, -0.05) is 0 Å². The van der Waals surface area contributed by atoms with E-state index in [-0.39, 0.29) is 35.1 Å². The first-order chi connectivity index (χ1) is 8.79. The van der Waals surface area contributed by atoms with Gasteiger partial charge < -0.3 is 9.53 Å². The summed E-state index contributed by atoms with van der Waals surface area (Å²) < 4.78 is 28.5. The van der Waals surface area contributed by atoms with Crippen LogP contribution in [0.25, 0.3) is 0 Å². The summed E-state index contributed by atoms with van der Waals surface area (Å²) in [7, 11) is -1.83. The van der Waals surface area contributed by atoms with Crippen molar-refractivity contribution in [3.63, 3.8) is 0 Å². The van der Waals surface area contributed by atoms with Crippen molar-refractivity contribution in [1.82, 2.24) is 0 Å². The average molecular weight is 290 g/mol. The Kier molecular flexibility index (Phi) is 5.52. The zero-order valence-corrected chi connectivity index (χ0v) is 12.4. The number of carbonyl (C=O) groups excluding carboxylic acids is 2. The Labute approximate surface area is 114 Å². The van der Waals surface area contributed by atoms with E-state index in [0.29, 0.717) is 19.3 Å². The summed E-state index contributed by atoms with van der Waals surface area (Å²) in [5.41, 5.74) is -0.382. The largest absolute Gasteiger partial charge is 0.469 e. The van der Waals surface area contributed by atoms with Gasteiger partial charge in [0, 0.05) is 6.42 Å². The maximum atomic E-state index is 12.0. The first kappa shape index (κ1) is 16.1. The van der Waals surface area contributed by atoms with Gasteiger partial charge >= 0.3 is 5.97 Å². The van der Waals surface area contributed by atoms with Gasteiger partial charge in [-0.2, -0.15) is 0 Å². The zero-order valence-electron chi connectivity index (χ0n) is 11.6. The van der Waals surface area contributed by atoms with Gasteiger partial charge in [-0.05, 0) is 38.0 Å². The van der Waals surface area contributed by atoms with Crippen LogP contribution in [0.5, 0.6) is 0 Å². The highest BCUT2D eigenvalue weighted by Crippen LogP contribution is 2.50. The number of rotatable bonds is 9. The van der Waals surface area contributed by atoms with Crippen LogP contribution in [0.4, 0.5) is 0 Å². The van der Waals surface area contributed by atoms with Gasteiger partial charge in [0.15, 0.2) is 9.84 Å². The highest BCUT2D eigenvalue weighted by Gasteiger charge is 2.47. The van der Waals surface area contributed by atoms with Crippen LogP contribution >= 0.6 is 0 Å². The molecule has 0 aromatic heterocycles. The molecule has 1 saturated carbocycles. The van der Waals surface area contributed by atoms with Crippen molar-refractivity contribution in [3.8, 4) is 0 Å². The third-order valence-corrected chi connectivity index (χ3v) is 5.43. The van der Waals surface area contributed by atoms with Gasteiger partial charge in [0.05, 0.1) is 25.0 Å². The summed E-state index contributed by atoms with van der Waals surface area (Å²) in [6, 6.07) is 0. The number of Topliss-reactive ketones (excluding diaryl/α,β-unsaturated/α-hetero) is 1. The second-order valence-electron chi connectivity index (χ2n) is 5.50. The Bertz CT molecular complexity index is 434. The van der Waals surface area contributed by atoms with E-state index in [1.54, 1.807) is 0 Å². The summed E-state index contributed by atoms with van der Waals surface area (Å²) in [5, 5.41) is 0. The smallest absolute Gasteiger partial charge is 0.306 e. The van der Waals surface area contributed by atoms with E-state index >= 15 is 0 Å². The van der Waals surface area contributed by atoms with Crippen molar-refractivity contribution >= 4 is 21.6 Å². The van der Waals surface area contributed by atoms with Crippen molar-refractivity contribution in [2.75, 3.05) is 18.6 Å². The Morgan fingerprint density at radius 3 is 2.32 bits per heavy atom. The molecule has 1 fully saturated rings. The van der Waals surface area contributed by atoms with E-state index < -0.39 is 9.84 Å². The molecule has 0 spiro atoms. The quantitative estimate of drug-likeness (QED) is 0.475. The van der Waals surface area contributed by atoms with E-state index in [9.17, 15) is 18.0 Å². The van der Waals surface area contributed by atoms with Crippen molar-refractivity contribution in [2.24, 2.45) is 5.41 Å². The van der Waals surface area contributed by atoms with Crippen LogP contribution in [0, 0.1) is 5.41 Å². The van der Waals surface area contributed by atoms with Gasteiger partial charge in [0.25, 0.3) is 0 Å². The van der Waals surface area contributed by atoms with Crippen LogP contribution in [0.3, 0.4) is 0 Å². The maximum absolute atomic E-state index is 12.0. The minimum absolute atomic E-state index is 0.0647. The fraction of sp³-hybridized carbons (Fsp3) is 0.846. The molecule has 0 amide bonds. The molecule has 0 aliphatic heterocycles. The molecule has 6 heteroatoms. The summed E-state index contributed by atoms with van der Waals surface area (Å²) in [6.07, 6.45) is 3.29. The zero-order chi connectivity index (χ0) is 14.5. The van der Waals surface area contributed by atoms with E-state index in [2.05, 4.69) is 4.74 Å². The molecule has 110 valence electrons. The number of methoxy groups -OCH3 is 1. The standard InChI is InChI=1S/C13H22O5S/c1-11(14)5-3-4-8-19(16,17)10-13(6-7-13)9-12(15)18-2/h3-10H2,1-2H3. The minimum Gasteiger partial charge on any atom is -0.469 e. The van der Waals surface area contributed by atoms with Crippen LogP contribution in [0.1, 0.15) is 45.4 Å². The monoisotopic (exact) mass is 290 g/mol. The molecule has 1 rings (SSSR count). The summed E-state index contributed by atoms with van der Waals surface area (Å²) >= 11 is 0. The van der Waals surface area contributed by atoms with Crippen molar-refractivity contribution in [2.45, 2.75) is 45.4 Å². The number of hydrogen-bond acceptors (Lipinski definition) is 5. The molecule has 0 bridgehead atoms. The van der Waals surface area contributed by atoms with Crippen molar-refractivity contribution in [1.29, 1.82) is 0 Å². The molecule has 1 aliphatic rings. The van der Waals surface area contributed by atoms with Gasteiger partial charge in [-0.15, -0.1) is 0 Å². The Morgan fingerprint density at radius 2 is 1.84 bits per heavy atom. The lowest BCUT2D eigenvalue weighted by molar-refractivity contribution is -0.141. The molecular weight excluding hydrogens is 268 g/mol. The number of ether oxygens (including phenoxy) is 1. The molecule has 0 atom stereocenters.